The normalized spacial score (nSPS) is 38.0. The standard InChI is InChI=1S/C14H25NO6/c1-11(2)18-8-13(5,20-11)15(7-10(16)17)14(6)9-19-12(3,4)21-14/h7-9H2,1-6H3,(H,16,17). The zero-order valence-corrected chi connectivity index (χ0v) is 13.6. The van der Waals surface area contributed by atoms with E-state index >= 15 is 0 Å². The molecule has 2 aliphatic rings. The lowest BCUT2D eigenvalue weighted by molar-refractivity contribution is -0.268. The van der Waals surface area contributed by atoms with Crippen LogP contribution in [-0.4, -0.2) is 58.8 Å². The molecular formula is C14H25NO6. The summed E-state index contributed by atoms with van der Waals surface area (Å²) in [6.45, 7) is 11.1. The van der Waals surface area contributed by atoms with Crippen molar-refractivity contribution in [2.24, 2.45) is 0 Å². The largest absolute Gasteiger partial charge is 0.480 e. The first kappa shape index (κ1) is 16.6. The SMILES string of the molecule is CC1(C)OCC(C)(N(CC(=O)O)C2(C)COC(C)(C)O2)O1. The van der Waals surface area contributed by atoms with Crippen LogP contribution in [0.1, 0.15) is 41.5 Å². The van der Waals surface area contributed by atoms with E-state index in [1.165, 1.54) is 0 Å². The minimum atomic E-state index is -0.959. The first-order valence-electron chi connectivity index (χ1n) is 7.05. The summed E-state index contributed by atoms with van der Waals surface area (Å²) >= 11 is 0. The first-order valence-corrected chi connectivity index (χ1v) is 7.05. The molecule has 21 heavy (non-hydrogen) atoms. The number of hydrogen-bond acceptors (Lipinski definition) is 6. The molecule has 122 valence electrons. The van der Waals surface area contributed by atoms with E-state index < -0.39 is 29.0 Å². The lowest BCUT2D eigenvalue weighted by Gasteiger charge is -2.45. The van der Waals surface area contributed by atoms with Gasteiger partial charge in [-0.1, -0.05) is 0 Å². The number of nitrogens with zero attached hydrogens (tertiary/aromatic N) is 1. The maximum atomic E-state index is 11.3. The van der Waals surface area contributed by atoms with Gasteiger partial charge in [-0.3, -0.25) is 4.79 Å². The van der Waals surface area contributed by atoms with E-state index in [1.54, 1.807) is 32.6 Å². The Labute approximate surface area is 125 Å². The molecule has 1 N–H and O–H groups in total. The van der Waals surface area contributed by atoms with Gasteiger partial charge in [0.2, 0.25) is 0 Å². The Bertz CT molecular complexity index is 405. The van der Waals surface area contributed by atoms with Crippen LogP contribution in [-0.2, 0) is 23.7 Å². The van der Waals surface area contributed by atoms with Gasteiger partial charge in [0, 0.05) is 0 Å². The Morgan fingerprint density at radius 2 is 1.33 bits per heavy atom. The van der Waals surface area contributed by atoms with Gasteiger partial charge < -0.3 is 24.1 Å². The summed E-state index contributed by atoms with van der Waals surface area (Å²) in [6, 6.07) is 0. The van der Waals surface area contributed by atoms with Crippen LogP contribution < -0.4 is 0 Å². The third kappa shape index (κ3) is 3.37. The summed E-state index contributed by atoms with van der Waals surface area (Å²) in [6.07, 6.45) is 0. The summed E-state index contributed by atoms with van der Waals surface area (Å²) in [4.78, 5) is 13.0. The van der Waals surface area contributed by atoms with Crippen molar-refractivity contribution in [3.8, 4) is 0 Å². The van der Waals surface area contributed by atoms with Gasteiger partial charge in [-0.25, -0.2) is 4.90 Å². The van der Waals surface area contributed by atoms with Crippen molar-refractivity contribution in [2.45, 2.75) is 64.6 Å². The molecule has 2 fully saturated rings. The molecule has 7 nitrogen and oxygen atoms in total. The van der Waals surface area contributed by atoms with Crippen molar-refractivity contribution in [1.29, 1.82) is 0 Å². The smallest absolute Gasteiger partial charge is 0.317 e. The Balaban J connectivity index is 2.30. The Morgan fingerprint density at radius 3 is 1.57 bits per heavy atom. The van der Waals surface area contributed by atoms with E-state index in [1.807, 2.05) is 13.8 Å². The predicted octanol–water partition coefficient (Wildman–Crippen LogP) is 1.37. The van der Waals surface area contributed by atoms with Crippen LogP contribution in [0.3, 0.4) is 0 Å². The van der Waals surface area contributed by atoms with Gasteiger partial charge in [-0.15, -0.1) is 0 Å². The van der Waals surface area contributed by atoms with Gasteiger partial charge in [0.25, 0.3) is 0 Å². The van der Waals surface area contributed by atoms with E-state index in [9.17, 15) is 9.90 Å². The quantitative estimate of drug-likeness (QED) is 0.840. The van der Waals surface area contributed by atoms with Gasteiger partial charge in [-0.05, 0) is 41.5 Å². The third-order valence-corrected chi connectivity index (χ3v) is 3.74. The third-order valence-electron chi connectivity index (χ3n) is 3.74. The topological polar surface area (TPSA) is 77.5 Å². The molecule has 0 amide bonds. The van der Waals surface area contributed by atoms with E-state index in [-0.39, 0.29) is 19.8 Å². The van der Waals surface area contributed by atoms with Gasteiger partial charge in [0.05, 0.1) is 13.2 Å². The summed E-state index contributed by atoms with van der Waals surface area (Å²) in [5.74, 6) is -2.49. The Kier molecular flexibility index (Phi) is 3.87. The number of carbonyl (C=O) groups is 1. The highest BCUT2D eigenvalue weighted by Gasteiger charge is 2.56. The molecule has 0 saturated carbocycles. The molecule has 2 rings (SSSR count). The molecule has 7 heteroatoms. The van der Waals surface area contributed by atoms with E-state index in [0.29, 0.717) is 0 Å². The minimum Gasteiger partial charge on any atom is -0.480 e. The summed E-state index contributed by atoms with van der Waals surface area (Å²) in [5.41, 5.74) is -1.80. The van der Waals surface area contributed by atoms with E-state index in [4.69, 9.17) is 18.9 Å². The van der Waals surface area contributed by atoms with Crippen molar-refractivity contribution in [3.63, 3.8) is 0 Å². The van der Waals surface area contributed by atoms with Crippen molar-refractivity contribution in [2.75, 3.05) is 19.8 Å². The maximum absolute atomic E-state index is 11.3. The van der Waals surface area contributed by atoms with Crippen LogP contribution in [0.15, 0.2) is 0 Å². The van der Waals surface area contributed by atoms with Crippen molar-refractivity contribution < 1.29 is 28.8 Å². The van der Waals surface area contributed by atoms with Crippen LogP contribution in [0.5, 0.6) is 0 Å². The zero-order valence-electron chi connectivity index (χ0n) is 13.6. The number of aliphatic carboxylic acids is 1. The monoisotopic (exact) mass is 303 g/mol. The fourth-order valence-corrected chi connectivity index (χ4v) is 3.03. The lowest BCUT2D eigenvalue weighted by atomic mass is 10.1. The first-order chi connectivity index (χ1) is 9.38. The molecule has 0 spiro atoms. The highest BCUT2D eigenvalue weighted by atomic mass is 16.8. The summed E-state index contributed by atoms with van der Waals surface area (Å²) < 4.78 is 23.1. The number of ether oxygens (including phenoxy) is 4. The van der Waals surface area contributed by atoms with Gasteiger partial charge >= 0.3 is 5.97 Å². The van der Waals surface area contributed by atoms with Crippen LogP contribution >= 0.6 is 0 Å². The van der Waals surface area contributed by atoms with Crippen molar-refractivity contribution in [3.05, 3.63) is 0 Å². The molecule has 2 unspecified atom stereocenters. The summed E-state index contributed by atoms with van der Waals surface area (Å²) in [5, 5.41) is 9.26. The second-order valence-electron chi connectivity index (χ2n) is 6.91. The van der Waals surface area contributed by atoms with Crippen LogP contribution in [0.4, 0.5) is 0 Å². The van der Waals surface area contributed by atoms with Gasteiger partial charge in [0.1, 0.15) is 18.0 Å². The van der Waals surface area contributed by atoms with Crippen molar-refractivity contribution >= 4 is 5.97 Å². The molecular weight excluding hydrogens is 278 g/mol. The van der Waals surface area contributed by atoms with E-state index in [0.717, 1.165) is 0 Å². The lowest BCUT2D eigenvalue weighted by Crippen LogP contribution is -2.63. The van der Waals surface area contributed by atoms with Gasteiger partial charge in [-0.2, -0.15) is 0 Å². The Morgan fingerprint density at radius 1 is 0.952 bits per heavy atom. The molecule has 0 aromatic carbocycles. The highest BCUT2D eigenvalue weighted by Crippen LogP contribution is 2.41. The zero-order chi connectivity index (χ0) is 16.1. The highest BCUT2D eigenvalue weighted by molar-refractivity contribution is 5.69. The van der Waals surface area contributed by atoms with Gasteiger partial charge in [0.15, 0.2) is 11.6 Å². The molecule has 2 heterocycles. The summed E-state index contributed by atoms with van der Waals surface area (Å²) in [7, 11) is 0. The number of rotatable bonds is 4. The molecule has 2 saturated heterocycles. The molecule has 0 aromatic heterocycles. The molecule has 0 bridgehead atoms. The average molecular weight is 303 g/mol. The van der Waals surface area contributed by atoms with E-state index in [2.05, 4.69) is 0 Å². The predicted molar refractivity (Wildman–Crippen MR) is 73.4 cm³/mol. The number of hydrogen-bond donors (Lipinski definition) is 1. The fourth-order valence-electron chi connectivity index (χ4n) is 3.03. The van der Waals surface area contributed by atoms with Crippen LogP contribution in [0.2, 0.25) is 0 Å². The molecule has 0 aliphatic carbocycles. The Hall–Kier alpha value is -0.730. The number of carboxylic acids is 1. The van der Waals surface area contributed by atoms with Crippen LogP contribution in [0, 0.1) is 0 Å². The molecule has 0 radical (unpaired) electrons. The second-order valence-corrected chi connectivity index (χ2v) is 6.91. The minimum absolute atomic E-state index is 0.230. The van der Waals surface area contributed by atoms with Crippen LogP contribution in [0.25, 0.3) is 0 Å². The molecule has 2 aliphatic heterocycles. The van der Waals surface area contributed by atoms with Crippen molar-refractivity contribution in [1.82, 2.24) is 4.90 Å². The second kappa shape index (κ2) is 4.89. The molecule has 0 aromatic rings. The maximum Gasteiger partial charge on any atom is 0.317 e. The molecule has 2 atom stereocenters. The fraction of sp³-hybridized carbons (Fsp3) is 0.929. The average Bonchev–Trinajstić information content (AvgIpc) is 2.73. The number of carboxylic acid groups (broad SMARTS) is 1.